The number of rotatable bonds is 11. The Labute approximate surface area is 344 Å². The molecular formula is C43H54N8O7Si. The zero-order valence-electron chi connectivity index (χ0n) is 34.9. The first-order chi connectivity index (χ1) is 28.2. The van der Waals surface area contributed by atoms with Crippen molar-refractivity contribution in [3.8, 4) is 22.3 Å². The Morgan fingerprint density at radius 3 is 1.92 bits per heavy atom. The van der Waals surface area contributed by atoms with E-state index < -0.39 is 38.4 Å². The van der Waals surface area contributed by atoms with Crippen molar-refractivity contribution in [1.29, 1.82) is 0 Å². The first-order valence-electron chi connectivity index (χ1n) is 20.1. The highest BCUT2D eigenvalue weighted by molar-refractivity contribution is 6.78. The lowest BCUT2D eigenvalue weighted by molar-refractivity contribution is -0.137. The van der Waals surface area contributed by atoms with E-state index in [0.717, 1.165) is 74.9 Å². The molecule has 2 aromatic heterocycles. The second-order valence-electron chi connectivity index (χ2n) is 16.7. The van der Waals surface area contributed by atoms with Gasteiger partial charge < -0.3 is 44.6 Å². The molecule has 0 aliphatic carbocycles. The van der Waals surface area contributed by atoms with Crippen LogP contribution in [0, 0.1) is 5.92 Å². The Morgan fingerprint density at radius 1 is 0.712 bits per heavy atom. The molecule has 5 aromatic rings. The van der Waals surface area contributed by atoms with Crippen molar-refractivity contribution in [2.45, 2.75) is 83.0 Å². The summed E-state index contributed by atoms with van der Waals surface area (Å²) in [5, 5.41) is 5.38. The molecular weight excluding hydrogens is 769 g/mol. The number of hydrogen-bond acceptors (Lipinski definition) is 9. The molecule has 2 saturated heterocycles. The number of nitrogens with one attached hydrogen (secondary N) is 4. The quantitative estimate of drug-likeness (QED) is 0.105. The number of likely N-dealkylation sites (tertiary alicyclic amines) is 1. The topological polar surface area (TPSA) is 184 Å². The summed E-state index contributed by atoms with van der Waals surface area (Å²) in [5.74, 6) is 0.977. The number of nitrogens with zero attached hydrogens (tertiary/aromatic N) is 4. The number of aromatic nitrogens is 4. The zero-order valence-corrected chi connectivity index (χ0v) is 35.9. The summed E-state index contributed by atoms with van der Waals surface area (Å²) in [6, 6.07) is 19.4. The molecule has 5 atom stereocenters. The molecule has 312 valence electrons. The minimum absolute atomic E-state index is 0.112. The SMILES string of the molecule is COC(=O)N[C@H](C(=O)N1CCC[C@H]1c1nc2cc(-c3ccc(-c4ccc5nc([C@@H]6C[Si](C)(C)CN6C(=O)[C@@H](NC(=O)OC)C(C)OC)[nH]c5c4)cc3)ccc2[nH]1)C(C)C. The number of methoxy groups -OCH3 is 3. The van der Waals surface area contributed by atoms with Gasteiger partial charge in [-0.3, -0.25) is 9.59 Å². The summed E-state index contributed by atoms with van der Waals surface area (Å²) >= 11 is 0. The van der Waals surface area contributed by atoms with Gasteiger partial charge in [0.25, 0.3) is 0 Å². The minimum Gasteiger partial charge on any atom is -0.453 e. The number of aromatic amines is 2. The molecule has 15 nitrogen and oxygen atoms in total. The standard InChI is InChI=1S/C43H54N8O7Si/c1-24(2)36(48-42(54)57-5)40(52)50-19-9-10-34(50)38-44-30-17-15-28(20-32(30)46-38)26-11-13-27(14-12-26)29-16-18-31-33(21-29)47-39(45-31)35-22-59(7,8)23-51(35)41(53)37(25(3)56-4)49-43(55)58-6/h11-18,20-21,24-25,34-37H,9-10,19,22-23H2,1-8H3,(H,44,46)(H,45,47)(H,48,54)(H,49,55)/t25?,34-,35-,36-,37-/m0/s1. The van der Waals surface area contributed by atoms with Gasteiger partial charge in [-0.2, -0.15) is 0 Å². The maximum Gasteiger partial charge on any atom is 0.407 e. The van der Waals surface area contributed by atoms with Crippen LogP contribution in [0.1, 0.15) is 57.3 Å². The van der Waals surface area contributed by atoms with Gasteiger partial charge in [0.15, 0.2) is 0 Å². The van der Waals surface area contributed by atoms with Gasteiger partial charge in [-0.25, -0.2) is 19.6 Å². The molecule has 0 radical (unpaired) electrons. The molecule has 3 aromatic carbocycles. The molecule has 0 spiro atoms. The van der Waals surface area contributed by atoms with Gasteiger partial charge in [-0.15, -0.1) is 0 Å². The van der Waals surface area contributed by atoms with Crippen LogP contribution in [0.2, 0.25) is 19.1 Å². The highest BCUT2D eigenvalue weighted by atomic mass is 28.3. The van der Waals surface area contributed by atoms with Crippen molar-refractivity contribution in [2.24, 2.45) is 5.92 Å². The Balaban J connectivity index is 1.08. The number of carbonyl (C=O) groups excluding carboxylic acids is 4. The van der Waals surface area contributed by atoms with Crippen LogP contribution in [0.15, 0.2) is 60.7 Å². The average molecular weight is 823 g/mol. The van der Waals surface area contributed by atoms with E-state index in [1.807, 2.05) is 35.8 Å². The summed E-state index contributed by atoms with van der Waals surface area (Å²) in [5.41, 5.74) is 7.50. The van der Waals surface area contributed by atoms with Gasteiger partial charge >= 0.3 is 12.2 Å². The summed E-state index contributed by atoms with van der Waals surface area (Å²) < 4.78 is 15.1. The lowest BCUT2D eigenvalue weighted by Gasteiger charge is -2.31. The van der Waals surface area contributed by atoms with Crippen LogP contribution in [-0.4, -0.2) is 114 Å². The highest BCUT2D eigenvalue weighted by Gasteiger charge is 2.46. The Bertz CT molecular complexity index is 2360. The van der Waals surface area contributed by atoms with E-state index >= 15 is 0 Å². The number of benzene rings is 3. The summed E-state index contributed by atoms with van der Waals surface area (Å²) in [6.07, 6.45) is 0.372. The number of H-pyrrole nitrogens is 2. The lowest BCUT2D eigenvalue weighted by atomic mass is 10.00. The smallest absolute Gasteiger partial charge is 0.407 e. The van der Waals surface area contributed by atoms with Gasteiger partial charge in [-0.05, 0) is 78.2 Å². The largest absolute Gasteiger partial charge is 0.453 e. The van der Waals surface area contributed by atoms with Gasteiger partial charge in [0.05, 0.1) is 62.5 Å². The Morgan fingerprint density at radius 2 is 1.27 bits per heavy atom. The fourth-order valence-corrected chi connectivity index (χ4v) is 11.3. The number of imidazole rings is 2. The third-order valence-electron chi connectivity index (χ3n) is 11.7. The van der Waals surface area contributed by atoms with Gasteiger partial charge in [0.1, 0.15) is 23.7 Å². The van der Waals surface area contributed by atoms with Crippen LogP contribution >= 0.6 is 0 Å². The molecule has 59 heavy (non-hydrogen) atoms. The van der Waals surface area contributed by atoms with Crippen LogP contribution in [0.5, 0.6) is 0 Å². The molecule has 7 rings (SSSR count). The molecule has 4 amide bonds. The minimum atomic E-state index is -1.81. The molecule has 2 aliphatic heterocycles. The monoisotopic (exact) mass is 822 g/mol. The molecule has 1 unspecified atom stereocenters. The number of carbonyl (C=O) groups is 4. The lowest BCUT2D eigenvalue weighted by Crippen LogP contribution is -2.54. The van der Waals surface area contributed by atoms with Crippen molar-refractivity contribution in [3.05, 3.63) is 72.3 Å². The molecule has 4 heterocycles. The van der Waals surface area contributed by atoms with Crippen molar-refractivity contribution >= 4 is 54.1 Å². The van der Waals surface area contributed by atoms with Gasteiger partial charge in [-0.1, -0.05) is 63.3 Å². The number of fused-ring (bicyclic) bond motifs is 2. The maximum absolute atomic E-state index is 14.0. The third-order valence-corrected chi connectivity index (χ3v) is 14.4. The highest BCUT2D eigenvalue weighted by Crippen LogP contribution is 2.39. The van der Waals surface area contributed by atoms with E-state index in [2.05, 4.69) is 82.2 Å². The zero-order chi connectivity index (χ0) is 42.2. The third kappa shape index (κ3) is 8.55. The molecule has 2 aliphatic rings. The fraction of sp³-hybridized carbons (Fsp3) is 0.442. The van der Waals surface area contributed by atoms with Crippen LogP contribution in [-0.2, 0) is 23.8 Å². The number of ether oxygens (including phenoxy) is 3. The molecule has 4 N–H and O–H groups in total. The first-order valence-corrected chi connectivity index (χ1v) is 23.5. The van der Waals surface area contributed by atoms with E-state index in [-0.39, 0.29) is 29.8 Å². The Kier molecular flexibility index (Phi) is 11.8. The second-order valence-corrected chi connectivity index (χ2v) is 21.8. The number of amides is 4. The first kappa shape index (κ1) is 41.4. The predicted molar refractivity (Wildman–Crippen MR) is 227 cm³/mol. The van der Waals surface area contributed by atoms with Crippen LogP contribution < -0.4 is 10.6 Å². The fourth-order valence-electron chi connectivity index (χ4n) is 8.40. The van der Waals surface area contributed by atoms with Gasteiger partial charge in [0.2, 0.25) is 11.8 Å². The number of hydrogen-bond donors (Lipinski definition) is 4. The maximum atomic E-state index is 14.0. The molecule has 0 bridgehead atoms. The van der Waals surface area contributed by atoms with Crippen molar-refractivity contribution in [1.82, 2.24) is 40.4 Å². The molecule has 0 saturated carbocycles. The van der Waals surface area contributed by atoms with E-state index in [0.29, 0.717) is 12.7 Å². The Hall–Kier alpha value is -5.74. The number of alkyl carbamates (subject to hydrolysis) is 2. The summed E-state index contributed by atoms with van der Waals surface area (Å²) in [4.78, 5) is 72.4. The average Bonchev–Trinajstić information content (AvgIpc) is 4.04. The normalized spacial score (nSPS) is 19.2. The second kappa shape index (κ2) is 16.9. The van der Waals surface area contributed by atoms with Crippen LogP contribution in [0.4, 0.5) is 9.59 Å². The van der Waals surface area contributed by atoms with E-state index in [1.165, 1.54) is 21.3 Å². The van der Waals surface area contributed by atoms with Crippen LogP contribution in [0.3, 0.4) is 0 Å². The van der Waals surface area contributed by atoms with Crippen molar-refractivity contribution < 1.29 is 33.4 Å². The van der Waals surface area contributed by atoms with E-state index in [4.69, 9.17) is 24.2 Å². The summed E-state index contributed by atoms with van der Waals surface area (Å²) in [7, 11) is 2.26. The molecule has 2 fully saturated rings. The van der Waals surface area contributed by atoms with Crippen LogP contribution in [0.25, 0.3) is 44.3 Å². The van der Waals surface area contributed by atoms with Crippen molar-refractivity contribution in [3.63, 3.8) is 0 Å². The van der Waals surface area contributed by atoms with Gasteiger partial charge in [0, 0.05) is 19.8 Å². The molecule has 16 heteroatoms. The van der Waals surface area contributed by atoms with E-state index in [9.17, 15) is 19.2 Å². The van der Waals surface area contributed by atoms with E-state index in [1.54, 1.807) is 6.92 Å². The summed E-state index contributed by atoms with van der Waals surface area (Å²) in [6.45, 7) is 10.7. The predicted octanol–water partition coefficient (Wildman–Crippen LogP) is 6.71. The van der Waals surface area contributed by atoms with Crippen molar-refractivity contribution in [2.75, 3.05) is 34.0 Å².